The molecule has 0 aromatic heterocycles. The molecule has 0 spiro atoms. The molecular weight excluding hydrogens is 264 g/mol. The summed E-state index contributed by atoms with van der Waals surface area (Å²) in [6.45, 7) is 10.4. The van der Waals surface area contributed by atoms with Crippen LogP contribution in [0.4, 0.5) is 0 Å². The third-order valence-corrected chi connectivity index (χ3v) is 5.08. The summed E-state index contributed by atoms with van der Waals surface area (Å²) in [4.78, 5) is 2.58. The van der Waals surface area contributed by atoms with E-state index in [1.807, 2.05) is 6.07 Å². The van der Waals surface area contributed by atoms with Crippen molar-refractivity contribution in [2.75, 3.05) is 19.9 Å². The van der Waals surface area contributed by atoms with E-state index in [1.54, 1.807) is 0 Å². The van der Waals surface area contributed by atoms with Gasteiger partial charge in [-0.15, -0.1) is 0 Å². The van der Waals surface area contributed by atoms with Gasteiger partial charge in [-0.25, -0.2) is 0 Å². The molecule has 21 heavy (non-hydrogen) atoms. The molecule has 0 amide bonds. The van der Waals surface area contributed by atoms with Crippen molar-refractivity contribution in [3.63, 3.8) is 0 Å². The van der Waals surface area contributed by atoms with E-state index in [-0.39, 0.29) is 5.54 Å². The van der Waals surface area contributed by atoms with Crippen molar-refractivity contribution in [1.29, 1.82) is 0 Å². The highest BCUT2D eigenvalue weighted by atomic mass is 16.7. The van der Waals surface area contributed by atoms with Crippen LogP contribution < -0.4 is 14.8 Å². The van der Waals surface area contributed by atoms with Gasteiger partial charge in [0.1, 0.15) is 0 Å². The second-order valence-corrected chi connectivity index (χ2v) is 6.31. The van der Waals surface area contributed by atoms with Crippen LogP contribution in [-0.2, 0) is 6.54 Å². The van der Waals surface area contributed by atoms with E-state index >= 15 is 0 Å². The molecule has 2 heterocycles. The normalized spacial score (nSPS) is 24.2. The van der Waals surface area contributed by atoms with Crippen LogP contribution in [0.2, 0.25) is 0 Å². The van der Waals surface area contributed by atoms with Crippen molar-refractivity contribution in [3.8, 4) is 11.5 Å². The van der Waals surface area contributed by atoms with Crippen LogP contribution in [0.5, 0.6) is 11.5 Å². The maximum atomic E-state index is 5.49. The molecule has 0 saturated carbocycles. The Morgan fingerprint density at radius 1 is 1.24 bits per heavy atom. The summed E-state index contributed by atoms with van der Waals surface area (Å²) in [6.07, 6.45) is 2.35. The first kappa shape index (κ1) is 14.7. The third kappa shape index (κ3) is 2.87. The van der Waals surface area contributed by atoms with E-state index in [1.165, 1.54) is 18.4 Å². The van der Waals surface area contributed by atoms with Gasteiger partial charge in [0.05, 0.1) is 0 Å². The molecule has 3 rings (SSSR count). The van der Waals surface area contributed by atoms with E-state index in [0.717, 1.165) is 31.1 Å². The molecule has 0 aliphatic carbocycles. The predicted octanol–water partition coefficient (Wildman–Crippen LogP) is 2.77. The zero-order chi connectivity index (χ0) is 14.9. The second-order valence-electron chi connectivity index (χ2n) is 6.31. The standard InChI is InChI=1S/C17H26N2O2/c1-4-17(5-2)11-19(13(3)9-18-17)10-14-6-7-15-16(8-14)21-12-20-15/h6-8,13,18H,4-5,9-12H2,1-3H3. The maximum Gasteiger partial charge on any atom is 0.231 e. The summed E-state index contributed by atoms with van der Waals surface area (Å²) in [5.74, 6) is 1.75. The third-order valence-electron chi connectivity index (χ3n) is 5.08. The van der Waals surface area contributed by atoms with Crippen molar-refractivity contribution in [2.45, 2.75) is 51.7 Å². The smallest absolute Gasteiger partial charge is 0.231 e. The van der Waals surface area contributed by atoms with Crippen molar-refractivity contribution in [1.82, 2.24) is 10.2 Å². The largest absolute Gasteiger partial charge is 0.454 e. The monoisotopic (exact) mass is 290 g/mol. The predicted molar refractivity (Wildman–Crippen MR) is 83.8 cm³/mol. The number of piperazine rings is 1. The van der Waals surface area contributed by atoms with Gasteiger partial charge in [-0.3, -0.25) is 4.90 Å². The topological polar surface area (TPSA) is 33.7 Å². The number of benzene rings is 1. The summed E-state index contributed by atoms with van der Waals surface area (Å²) < 4.78 is 10.9. The van der Waals surface area contributed by atoms with Crippen LogP contribution in [0.3, 0.4) is 0 Å². The number of hydrogen-bond donors (Lipinski definition) is 1. The Kier molecular flexibility index (Phi) is 4.09. The van der Waals surface area contributed by atoms with Crippen molar-refractivity contribution in [3.05, 3.63) is 23.8 Å². The average molecular weight is 290 g/mol. The Morgan fingerprint density at radius 2 is 2.00 bits per heavy atom. The van der Waals surface area contributed by atoms with Crippen LogP contribution in [0, 0.1) is 0 Å². The fourth-order valence-electron chi connectivity index (χ4n) is 3.30. The lowest BCUT2D eigenvalue weighted by Crippen LogP contribution is -2.62. The highest BCUT2D eigenvalue weighted by Crippen LogP contribution is 2.33. The first-order valence-electron chi connectivity index (χ1n) is 8.03. The van der Waals surface area contributed by atoms with Gasteiger partial charge in [0, 0.05) is 31.2 Å². The lowest BCUT2D eigenvalue weighted by atomic mass is 9.88. The van der Waals surface area contributed by atoms with E-state index in [4.69, 9.17) is 9.47 Å². The summed E-state index contributed by atoms with van der Waals surface area (Å²) in [7, 11) is 0. The van der Waals surface area contributed by atoms with Crippen LogP contribution >= 0.6 is 0 Å². The Balaban J connectivity index is 1.73. The molecule has 2 aliphatic heterocycles. The summed E-state index contributed by atoms with van der Waals surface area (Å²) in [6, 6.07) is 6.86. The van der Waals surface area contributed by atoms with E-state index < -0.39 is 0 Å². The first-order valence-corrected chi connectivity index (χ1v) is 8.03. The highest BCUT2D eigenvalue weighted by molar-refractivity contribution is 5.44. The fraction of sp³-hybridized carbons (Fsp3) is 0.647. The number of hydrogen-bond acceptors (Lipinski definition) is 4. The van der Waals surface area contributed by atoms with Crippen LogP contribution in [0.15, 0.2) is 18.2 Å². The maximum absolute atomic E-state index is 5.49. The molecule has 1 unspecified atom stereocenters. The number of rotatable bonds is 4. The van der Waals surface area contributed by atoms with E-state index in [9.17, 15) is 0 Å². The number of nitrogens with one attached hydrogen (secondary N) is 1. The zero-order valence-electron chi connectivity index (χ0n) is 13.3. The zero-order valence-corrected chi connectivity index (χ0v) is 13.3. The molecule has 1 fully saturated rings. The Hall–Kier alpha value is -1.26. The van der Waals surface area contributed by atoms with Crippen molar-refractivity contribution < 1.29 is 9.47 Å². The molecule has 1 aromatic carbocycles. The summed E-state index contributed by atoms with van der Waals surface area (Å²) in [5, 5.41) is 3.75. The van der Waals surface area contributed by atoms with Gasteiger partial charge in [0.2, 0.25) is 6.79 Å². The van der Waals surface area contributed by atoms with Gasteiger partial charge in [-0.1, -0.05) is 19.9 Å². The Morgan fingerprint density at radius 3 is 2.76 bits per heavy atom. The van der Waals surface area contributed by atoms with Crippen molar-refractivity contribution in [2.24, 2.45) is 0 Å². The molecule has 1 saturated heterocycles. The summed E-state index contributed by atoms with van der Waals surface area (Å²) in [5.41, 5.74) is 1.57. The SMILES string of the molecule is CCC1(CC)CN(Cc2ccc3c(c2)OCO3)C(C)CN1. The lowest BCUT2D eigenvalue weighted by Gasteiger charge is -2.46. The minimum Gasteiger partial charge on any atom is -0.454 e. The molecular formula is C17H26N2O2. The van der Waals surface area contributed by atoms with Gasteiger partial charge in [0.25, 0.3) is 0 Å². The number of ether oxygens (including phenoxy) is 2. The quantitative estimate of drug-likeness (QED) is 0.924. The average Bonchev–Trinajstić information content (AvgIpc) is 2.97. The van der Waals surface area contributed by atoms with Crippen LogP contribution in [0.1, 0.15) is 39.2 Å². The molecule has 116 valence electrons. The van der Waals surface area contributed by atoms with Gasteiger partial charge >= 0.3 is 0 Å². The van der Waals surface area contributed by atoms with Gasteiger partial charge in [0.15, 0.2) is 11.5 Å². The highest BCUT2D eigenvalue weighted by Gasteiger charge is 2.34. The van der Waals surface area contributed by atoms with Gasteiger partial charge < -0.3 is 14.8 Å². The molecule has 0 bridgehead atoms. The Bertz CT molecular complexity index is 500. The second kappa shape index (κ2) is 5.85. The lowest BCUT2D eigenvalue weighted by molar-refractivity contribution is 0.0745. The fourth-order valence-corrected chi connectivity index (χ4v) is 3.30. The minimum absolute atomic E-state index is 0.267. The first-order chi connectivity index (χ1) is 10.2. The number of nitrogens with zero attached hydrogens (tertiary/aromatic N) is 1. The molecule has 1 atom stereocenters. The minimum atomic E-state index is 0.267. The van der Waals surface area contributed by atoms with Crippen LogP contribution in [-0.4, -0.2) is 36.4 Å². The van der Waals surface area contributed by atoms with Gasteiger partial charge in [-0.2, -0.15) is 0 Å². The van der Waals surface area contributed by atoms with Crippen LogP contribution in [0.25, 0.3) is 0 Å². The molecule has 1 N–H and O–H groups in total. The van der Waals surface area contributed by atoms with Gasteiger partial charge in [-0.05, 0) is 37.5 Å². The van der Waals surface area contributed by atoms with E-state index in [0.29, 0.717) is 12.8 Å². The molecule has 2 aliphatic rings. The van der Waals surface area contributed by atoms with Crippen molar-refractivity contribution >= 4 is 0 Å². The van der Waals surface area contributed by atoms with E-state index in [2.05, 4.69) is 43.1 Å². The summed E-state index contributed by atoms with van der Waals surface area (Å²) >= 11 is 0. The molecule has 0 radical (unpaired) electrons. The Labute approximate surface area is 127 Å². The molecule has 4 heteroatoms. The molecule has 4 nitrogen and oxygen atoms in total. The molecule has 1 aromatic rings. The number of fused-ring (bicyclic) bond motifs is 1.